The lowest BCUT2D eigenvalue weighted by Gasteiger charge is -2.31. The number of carboxylic acid groups (broad SMARTS) is 2. The first-order valence-corrected chi connectivity index (χ1v) is 13.1. The van der Waals surface area contributed by atoms with Crippen LogP contribution >= 0.6 is 0 Å². The van der Waals surface area contributed by atoms with Gasteiger partial charge in [-0.2, -0.15) is 0 Å². The number of carboxylic acids is 2. The van der Waals surface area contributed by atoms with Crippen molar-refractivity contribution in [1.82, 2.24) is 0 Å². The molecule has 2 N–H and O–H groups in total. The fraction of sp³-hybridized carbons (Fsp3) is 0.857. The van der Waals surface area contributed by atoms with Crippen LogP contribution in [0.15, 0.2) is 0 Å². The molecule has 0 saturated carbocycles. The Morgan fingerprint density at radius 2 is 1.52 bits per heavy atom. The van der Waals surface area contributed by atoms with Crippen LogP contribution in [0.5, 0.6) is 0 Å². The average molecular weight is 339 g/mol. The van der Waals surface area contributed by atoms with E-state index in [1.807, 2.05) is 0 Å². The van der Waals surface area contributed by atoms with Crippen molar-refractivity contribution in [3.8, 4) is 0 Å². The molecule has 0 aliphatic carbocycles. The zero-order chi connectivity index (χ0) is 15.3. The van der Waals surface area contributed by atoms with Gasteiger partial charge in [-0.05, 0) is 45.2 Å². The lowest BCUT2D eigenvalue weighted by molar-refractivity contribution is -0.148. The summed E-state index contributed by atoms with van der Waals surface area (Å²) < 4.78 is 6.16. The molecule has 0 aromatic rings. The second kappa shape index (κ2) is 10.1. The zero-order valence-electron chi connectivity index (χ0n) is 12.5. The molecule has 0 heterocycles. The Bertz CT molecular complexity index is 324. The van der Waals surface area contributed by atoms with E-state index < -0.39 is 34.5 Å². The summed E-state index contributed by atoms with van der Waals surface area (Å²) in [5, 5.41) is 17.6. The Morgan fingerprint density at radius 1 is 1.05 bits per heavy atom. The highest BCUT2D eigenvalue weighted by molar-refractivity contribution is 6.84. The largest absolute Gasteiger partial charge is 0.481 e. The molecule has 0 aromatic carbocycles. The molecule has 0 aliphatic rings. The maximum Gasteiger partial charge on any atom is 0.307 e. The summed E-state index contributed by atoms with van der Waals surface area (Å²) in [6.45, 7) is 10.7. The molecule has 0 rings (SSSR count). The minimum absolute atomic E-state index is 0. The van der Waals surface area contributed by atoms with E-state index in [0.717, 1.165) is 6.04 Å². The molecule has 7 heteroatoms. The van der Waals surface area contributed by atoms with Gasteiger partial charge in [-0.3, -0.25) is 9.59 Å². The number of carbonyl (C=O) groups is 2. The normalized spacial score (nSPS) is 12.8. The summed E-state index contributed by atoms with van der Waals surface area (Å²) in [5.41, 5.74) is 0. The summed E-state index contributed by atoms with van der Waals surface area (Å²) in [6.07, 6.45) is 0.827. The van der Waals surface area contributed by atoms with E-state index >= 15 is 0 Å². The van der Waals surface area contributed by atoms with Crippen LogP contribution in [0.3, 0.4) is 0 Å². The molecule has 0 bridgehead atoms. The molecule has 21 heavy (non-hydrogen) atoms. The van der Waals surface area contributed by atoms with Crippen LogP contribution in [-0.2, 0) is 13.7 Å². The highest BCUT2D eigenvalue weighted by Crippen LogP contribution is 2.23. The maximum absolute atomic E-state index is 10.9. The maximum atomic E-state index is 10.9. The first kappa shape index (κ1) is 25.3. The van der Waals surface area contributed by atoms with Gasteiger partial charge in [-0.15, -0.1) is 0 Å². The van der Waals surface area contributed by atoms with E-state index in [1.54, 1.807) is 0 Å². The van der Waals surface area contributed by atoms with E-state index in [0.29, 0.717) is 12.8 Å². The summed E-state index contributed by atoms with van der Waals surface area (Å²) in [7, 11) is -3.33. The van der Waals surface area contributed by atoms with Crippen LogP contribution in [0.4, 0.5) is 0 Å². The predicted molar refractivity (Wildman–Crippen MR) is 92.8 cm³/mol. The van der Waals surface area contributed by atoms with Gasteiger partial charge in [-0.1, -0.05) is 21.3 Å². The molecule has 0 aromatic heterocycles. The molecule has 5 nitrogen and oxygen atoms in total. The number of aliphatic carboxylic acids is 2. The van der Waals surface area contributed by atoms with Crippen LogP contribution in [0.2, 0.25) is 38.8 Å². The van der Waals surface area contributed by atoms with Crippen LogP contribution in [0.25, 0.3) is 0 Å². The summed E-state index contributed by atoms with van der Waals surface area (Å²) in [5.74, 6) is -2.86. The Labute approximate surface area is 132 Å². The molecule has 1 atom stereocenters. The molecule has 0 spiro atoms. The van der Waals surface area contributed by atoms with Crippen molar-refractivity contribution in [3.63, 3.8) is 0 Å². The SMILES string of the molecule is C.C.C[Si](C)(C)O[Si](C)(C)CCCC(CC(=O)O)C(=O)O. The molecule has 0 saturated heterocycles. The van der Waals surface area contributed by atoms with E-state index in [4.69, 9.17) is 14.3 Å². The summed E-state index contributed by atoms with van der Waals surface area (Å²) in [4.78, 5) is 21.5. The van der Waals surface area contributed by atoms with Crippen molar-refractivity contribution < 1.29 is 23.9 Å². The van der Waals surface area contributed by atoms with Gasteiger partial charge in [0.15, 0.2) is 16.6 Å². The number of hydrogen-bond acceptors (Lipinski definition) is 3. The second-order valence-electron chi connectivity index (χ2n) is 6.50. The van der Waals surface area contributed by atoms with Crippen molar-refractivity contribution in [2.75, 3.05) is 0 Å². The van der Waals surface area contributed by atoms with Crippen molar-refractivity contribution in [2.45, 2.75) is 72.9 Å². The molecule has 0 radical (unpaired) electrons. The third kappa shape index (κ3) is 14.0. The number of hydrogen-bond donors (Lipinski definition) is 2. The Balaban J connectivity index is -0.00000162. The fourth-order valence-electron chi connectivity index (χ4n) is 2.18. The van der Waals surface area contributed by atoms with Crippen molar-refractivity contribution >= 4 is 28.6 Å². The smallest absolute Gasteiger partial charge is 0.307 e. The minimum Gasteiger partial charge on any atom is -0.481 e. The summed E-state index contributed by atoms with van der Waals surface area (Å²) >= 11 is 0. The van der Waals surface area contributed by atoms with Gasteiger partial charge in [0.1, 0.15) is 0 Å². The van der Waals surface area contributed by atoms with Gasteiger partial charge in [0.2, 0.25) is 0 Å². The zero-order valence-corrected chi connectivity index (χ0v) is 14.5. The lowest BCUT2D eigenvalue weighted by Crippen LogP contribution is -2.42. The predicted octanol–water partition coefficient (Wildman–Crippen LogP) is 4.27. The van der Waals surface area contributed by atoms with Crippen LogP contribution in [-0.4, -0.2) is 38.8 Å². The van der Waals surface area contributed by atoms with Gasteiger partial charge in [0.25, 0.3) is 0 Å². The third-order valence-corrected chi connectivity index (χ3v) is 8.90. The summed E-state index contributed by atoms with van der Waals surface area (Å²) in [6, 6.07) is 0.876. The third-order valence-electron chi connectivity index (χ3n) is 2.68. The number of rotatable bonds is 9. The average Bonchev–Trinajstić information content (AvgIpc) is 2.10. The van der Waals surface area contributed by atoms with E-state index in [1.165, 1.54) is 0 Å². The quantitative estimate of drug-likeness (QED) is 0.613. The molecule has 0 amide bonds. The van der Waals surface area contributed by atoms with Gasteiger partial charge >= 0.3 is 11.9 Å². The molecule has 128 valence electrons. The van der Waals surface area contributed by atoms with Gasteiger partial charge < -0.3 is 14.3 Å². The molecule has 1 unspecified atom stereocenters. The van der Waals surface area contributed by atoms with Gasteiger partial charge in [0, 0.05) is 0 Å². The molecular weight excluding hydrogens is 304 g/mol. The first-order valence-electron chi connectivity index (χ1n) is 6.58. The van der Waals surface area contributed by atoms with Crippen LogP contribution in [0, 0.1) is 5.92 Å². The highest BCUT2D eigenvalue weighted by atomic mass is 28.4. The lowest BCUT2D eigenvalue weighted by atomic mass is 10.0. The van der Waals surface area contributed by atoms with Crippen molar-refractivity contribution in [2.24, 2.45) is 5.92 Å². The molecule has 0 aliphatic heterocycles. The second-order valence-corrected chi connectivity index (χ2v) is 15.6. The Hall–Kier alpha value is -0.666. The van der Waals surface area contributed by atoms with Crippen LogP contribution < -0.4 is 0 Å². The van der Waals surface area contributed by atoms with Gasteiger partial charge in [-0.25, -0.2) is 0 Å². The van der Waals surface area contributed by atoms with E-state index in [-0.39, 0.29) is 21.3 Å². The fourth-order valence-corrected chi connectivity index (χ4v) is 10.3. The van der Waals surface area contributed by atoms with Crippen molar-refractivity contribution in [3.05, 3.63) is 0 Å². The van der Waals surface area contributed by atoms with Crippen LogP contribution in [0.1, 0.15) is 34.1 Å². The van der Waals surface area contributed by atoms with E-state index in [9.17, 15) is 9.59 Å². The van der Waals surface area contributed by atoms with Gasteiger partial charge in [0.05, 0.1) is 12.3 Å². The molecular formula is C14H34O5Si2. The Kier molecular flexibility index (Phi) is 12.2. The first-order chi connectivity index (χ1) is 8.43. The van der Waals surface area contributed by atoms with Crippen molar-refractivity contribution in [1.29, 1.82) is 0 Å². The highest BCUT2D eigenvalue weighted by Gasteiger charge is 2.30. The molecule has 0 fully saturated rings. The minimum atomic E-state index is -1.76. The topological polar surface area (TPSA) is 83.8 Å². The Morgan fingerprint density at radius 3 is 1.86 bits per heavy atom. The van der Waals surface area contributed by atoms with E-state index in [2.05, 4.69) is 32.7 Å². The monoisotopic (exact) mass is 338 g/mol. The standard InChI is InChI=1S/C12H26O5Si2.2CH4/c1-18(2,3)17-19(4,5)8-6-7-10(12(15)16)9-11(13)14;;/h10H,6-9H2,1-5H3,(H,13,14)(H,15,16);2*1H4.